The van der Waals surface area contributed by atoms with Gasteiger partial charge in [-0.25, -0.2) is 4.79 Å². The highest BCUT2D eigenvalue weighted by Crippen LogP contribution is 2.38. The van der Waals surface area contributed by atoms with Crippen molar-refractivity contribution in [3.63, 3.8) is 0 Å². The molecule has 0 amide bonds. The van der Waals surface area contributed by atoms with Crippen molar-refractivity contribution in [2.24, 2.45) is 0 Å². The molecule has 0 aromatic rings. The molecule has 0 fully saturated rings. The molecule has 0 aliphatic carbocycles. The zero-order valence-corrected chi connectivity index (χ0v) is 14.6. The van der Waals surface area contributed by atoms with Crippen LogP contribution in [0.2, 0.25) is 18.1 Å². The van der Waals surface area contributed by atoms with Crippen molar-refractivity contribution in [1.82, 2.24) is 0 Å². The number of hydrogen-bond donors (Lipinski definition) is 1. The largest absolute Gasteiger partial charge is 0.507 e. The average molecular weight is 313 g/mol. The standard InChI is InChI=1S/C14H24N2O4Si/c1-8-9-10(20-21(6,7)14(2,3)4)12(17)11(16-15)13(18)19-5/h8,10H,1,9H2,2-7H3/p+1/t10-/m0/s1. The minimum atomic E-state index is -2.19. The lowest BCUT2D eigenvalue weighted by atomic mass is 10.2. The van der Waals surface area contributed by atoms with Gasteiger partial charge in [0, 0.05) is 0 Å². The molecule has 21 heavy (non-hydrogen) atoms. The fourth-order valence-electron chi connectivity index (χ4n) is 1.35. The van der Waals surface area contributed by atoms with Crippen molar-refractivity contribution >= 4 is 14.3 Å². The summed E-state index contributed by atoms with van der Waals surface area (Å²) in [5.41, 5.74) is -0.553. The average Bonchev–Trinajstić information content (AvgIpc) is 2.37. The monoisotopic (exact) mass is 313 g/mol. The molecule has 0 unspecified atom stereocenters. The molecule has 0 spiro atoms. The third-order valence-corrected chi connectivity index (χ3v) is 8.14. The summed E-state index contributed by atoms with van der Waals surface area (Å²) in [5.74, 6) is -1.38. The van der Waals surface area contributed by atoms with Gasteiger partial charge in [0.05, 0.1) is 7.11 Å². The van der Waals surface area contributed by atoms with E-state index in [0.717, 1.165) is 7.11 Å². The van der Waals surface area contributed by atoms with E-state index in [-0.39, 0.29) is 11.5 Å². The highest BCUT2D eigenvalue weighted by atomic mass is 28.4. The van der Waals surface area contributed by atoms with Gasteiger partial charge in [0.1, 0.15) is 6.10 Å². The number of diazo groups is 1. The van der Waals surface area contributed by atoms with Gasteiger partial charge in [0.15, 0.2) is 13.3 Å². The number of esters is 1. The van der Waals surface area contributed by atoms with E-state index in [2.05, 4.69) is 37.1 Å². The lowest BCUT2D eigenvalue weighted by molar-refractivity contribution is -0.136. The predicted octanol–water partition coefficient (Wildman–Crippen LogP) is 3.75. The Morgan fingerprint density at radius 1 is 1.48 bits per heavy atom. The van der Waals surface area contributed by atoms with Crippen LogP contribution in [0.1, 0.15) is 27.2 Å². The molecule has 6 nitrogen and oxygen atoms in total. The molecule has 0 saturated heterocycles. The SMILES string of the molecule is C=CC[C@H](O[Si](C)(C)C(C)(C)C)/C(O)=C(\[N+]#N)C(=O)OC. The Hall–Kier alpha value is -1.65. The van der Waals surface area contributed by atoms with Crippen LogP contribution in [-0.4, -0.2) is 32.6 Å². The first kappa shape index (κ1) is 19.3. The van der Waals surface area contributed by atoms with Crippen LogP contribution in [0.5, 0.6) is 0 Å². The summed E-state index contributed by atoms with van der Waals surface area (Å²) in [7, 11) is -1.05. The van der Waals surface area contributed by atoms with E-state index in [1.54, 1.807) is 6.08 Å². The van der Waals surface area contributed by atoms with Crippen molar-refractivity contribution < 1.29 is 19.1 Å². The zero-order chi connectivity index (χ0) is 16.8. The maximum absolute atomic E-state index is 11.5. The second kappa shape index (κ2) is 7.38. The van der Waals surface area contributed by atoms with Crippen molar-refractivity contribution in [3.8, 4) is 0 Å². The Labute approximate surface area is 127 Å². The summed E-state index contributed by atoms with van der Waals surface area (Å²) < 4.78 is 10.5. The maximum Gasteiger partial charge on any atom is 0.507 e. The van der Waals surface area contributed by atoms with Gasteiger partial charge >= 0.3 is 11.7 Å². The van der Waals surface area contributed by atoms with E-state index in [9.17, 15) is 9.90 Å². The zero-order valence-electron chi connectivity index (χ0n) is 13.6. The summed E-state index contributed by atoms with van der Waals surface area (Å²) in [6.07, 6.45) is 1.06. The number of aliphatic hydroxyl groups is 1. The van der Waals surface area contributed by atoms with E-state index in [1.807, 2.05) is 13.1 Å². The minimum Gasteiger partial charge on any atom is -0.503 e. The van der Waals surface area contributed by atoms with Crippen LogP contribution >= 0.6 is 0 Å². The molecule has 1 atom stereocenters. The Morgan fingerprint density at radius 2 is 2.00 bits per heavy atom. The van der Waals surface area contributed by atoms with Crippen molar-refractivity contribution in [2.45, 2.75) is 51.4 Å². The van der Waals surface area contributed by atoms with Crippen LogP contribution in [0, 0.1) is 5.39 Å². The molecule has 0 heterocycles. The predicted molar refractivity (Wildman–Crippen MR) is 83.6 cm³/mol. The Balaban J connectivity index is 5.62. The fraction of sp³-hybridized carbons (Fsp3) is 0.643. The third-order valence-electron chi connectivity index (χ3n) is 3.65. The number of aliphatic hydroxyl groups excluding tert-OH is 1. The topological polar surface area (TPSA) is 83.9 Å². The summed E-state index contributed by atoms with van der Waals surface area (Å²) >= 11 is 0. The van der Waals surface area contributed by atoms with E-state index in [0.29, 0.717) is 0 Å². The van der Waals surface area contributed by atoms with Crippen LogP contribution in [-0.2, 0) is 14.0 Å². The molecule has 7 heteroatoms. The first-order valence-electron chi connectivity index (χ1n) is 6.67. The summed E-state index contributed by atoms with van der Waals surface area (Å²) in [4.78, 5) is 14.3. The molecule has 0 radical (unpaired) electrons. The summed E-state index contributed by atoms with van der Waals surface area (Å²) in [6, 6.07) is 0. The summed E-state index contributed by atoms with van der Waals surface area (Å²) in [6.45, 7) is 13.8. The number of nitrogens with zero attached hydrogens (tertiary/aromatic N) is 2. The highest BCUT2D eigenvalue weighted by molar-refractivity contribution is 6.74. The molecule has 0 aromatic heterocycles. The molecule has 0 saturated carbocycles. The van der Waals surface area contributed by atoms with Gasteiger partial charge in [0.25, 0.3) is 0 Å². The molecule has 0 rings (SSSR count). The van der Waals surface area contributed by atoms with Gasteiger partial charge in [-0.2, -0.15) is 0 Å². The Kier molecular flexibility index (Phi) is 6.80. The summed E-state index contributed by atoms with van der Waals surface area (Å²) in [5, 5.41) is 19.0. The van der Waals surface area contributed by atoms with Crippen LogP contribution in [0.25, 0.3) is 4.98 Å². The normalized spacial score (nSPS) is 14.7. The minimum absolute atomic E-state index is 0.0749. The van der Waals surface area contributed by atoms with Crippen molar-refractivity contribution in [1.29, 1.82) is 5.39 Å². The Bertz CT molecular complexity index is 472. The molecule has 0 aromatic carbocycles. The van der Waals surface area contributed by atoms with Crippen molar-refractivity contribution in [3.05, 3.63) is 29.1 Å². The smallest absolute Gasteiger partial charge is 0.503 e. The van der Waals surface area contributed by atoms with E-state index in [4.69, 9.17) is 9.82 Å². The molecule has 0 bridgehead atoms. The van der Waals surface area contributed by atoms with E-state index >= 15 is 0 Å². The molecule has 1 N–H and O–H groups in total. The number of methoxy groups -OCH3 is 1. The number of rotatable bonds is 6. The first-order valence-corrected chi connectivity index (χ1v) is 9.58. The lowest BCUT2D eigenvalue weighted by Crippen LogP contribution is -2.44. The van der Waals surface area contributed by atoms with Gasteiger partial charge in [-0.1, -0.05) is 26.8 Å². The van der Waals surface area contributed by atoms with Crippen LogP contribution in [0.3, 0.4) is 0 Å². The molecule has 0 aliphatic heterocycles. The van der Waals surface area contributed by atoms with Crippen LogP contribution in [0.15, 0.2) is 24.1 Å². The molecular formula is C14H25N2O4Si+. The highest BCUT2D eigenvalue weighted by Gasteiger charge is 2.42. The van der Waals surface area contributed by atoms with E-state index in [1.165, 1.54) is 0 Å². The number of hydrogen-bond acceptors (Lipinski definition) is 5. The van der Waals surface area contributed by atoms with Gasteiger partial charge in [-0.15, -0.1) is 6.58 Å². The van der Waals surface area contributed by atoms with E-state index < -0.39 is 31.8 Å². The molecule has 0 aliphatic rings. The van der Waals surface area contributed by atoms with Gasteiger partial charge in [0.2, 0.25) is 11.2 Å². The van der Waals surface area contributed by atoms with Crippen LogP contribution < -0.4 is 0 Å². The second-order valence-electron chi connectivity index (χ2n) is 6.22. The number of ether oxygens (including phenoxy) is 1. The Morgan fingerprint density at radius 3 is 2.33 bits per heavy atom. The molecule has 118 valence electrons. The number of carbonyl (C=O) groups excluding carboxylic acids is 1. The lowest BCUT2D eigenvalue weighted by Gasteiger charge is -2.38. The first-order chi connectivity index (χ1) is 9.51. The quantitative estimate of drug-likeness (QED) is 0.202. The number of carbonyl (C=O) groups is 1. The second-order valence-corrected chi connectivity index (χ2v) is 11.0. The van der Waals surface area contributed by atoms with Gasteiger partial charge in [-0.3, -0.25) is 0 Å². The van der Waals surface area contributed by atoms with Gasteiger partial charge in [-0.05, 0) is 24.6 Å². The van der Waals surface area contributed by atoms with Crippen molar-refractivity contribution in [2.75, 3.05) is 7.11 Å². The maximum atomic E-state index is 11.5. The fourth-order valence-corrected chi connectivity index (χ4v) is 2.62. The molecular weight excluding hydrogens is 288 g/mol. The van der Waals surface area contributed by atoms with Crippen LogP contribution in [0.4, 0.5) is 0 Å². The third kappa shape index (κ3) is 4.99. The van der Waals surface area contributed by atoms with Gasteiger partial charge < -0.3 is 14.3 Å².